The normalized spacial score (nSPS) is 14.3. The summed E-state index contributed by atoms with van der Waals surface area (Å²) in [4.78, 5) is 12.1. The van der Waals surface area contributed by atoms with Crippen molar-refractivity contribution in [3.63, 3.8) is 0 Å². The Balaban J connectivity index is 1.50. The number of methoxy groups -OCH3 is 2. The lowest BCUT2D eigenvalue weighted by Crippen LogP contribution is -2.40. The Labute approximate surface area is 158 Å². The number of carbonyl (C=O) groups excluding carboxylic acids is 1. The van der Waals surface area contributed by atoms with Crippen LogP contribution in [0.4, 0.5) is 9.18 Å². The van der Waals surface area contributed by atoms with Crippen LogP contribution in [0.2, 0.25) is 0 Å². The van der Waals surface area contributed by atoms with Crippen molar-refractivity contribution in [2.75, 3.05) is 27.3 Å². The van der Waals surface area contributed by atoms with Gasteiger partial charge in [-0.2, -0.15) is 0 Å². The molecule has 2 amide bonds. The number of rotatable bonds is 8. The third-order valence-electron chi connectivity index (χ3n) is 5.07. The maximum Gasteiger partial charge on any atom is 0.314 e. The summed E-state index contributed by atoms with van der Waals surface area (Å²) in [5.41, 5.74) is 1.68. The first-order chi connectivity index (χ1) is 13.1. The van der Waals surface area contributed by atoms with Gasteiger partial charge in [0.25, 0.3) is 0 Å². The second kappa shape index (κ2) is 8.29. The van der Waals surface area contributed by atoms with E-state index in [1.165, 1.54) is 6.07 Å². The summed E-state index contributed by atoms with van der Waals surface area (Å²) in [6.07, 6.45) is 2.48. The monoisotopic (exact) mass is 372 g/mol. The summed E-state index contributed by atoms with van der Waals surface area (Å²) in [6, 6.07) is 12.2. The van der Waals surface area contributed by atoms with Gasteiger partial charge in [0.2, 0.25) is 0 Å². The van der Waals surface area contributed by atoms with Crippen LogP contribution in [0.15, 0.2) is 42.5 Å². The molecule has 0 unspecified atom stereocenters. The van der Waals surface area contributed by atoms with Gasteiger partial charge in [0.05, 0.1) is 14.2 Å². The minimum absolute atomic E-state index is 0.0531. The van der Waals surface area contributed by atoms with E-state index in [9.17, 15) is 9.18 Å². The van der Waals surface area contributed by atoms with E-state index in [1.54, 1.807) is 32.4 Å². The van der Waals surface area contributed by atoms with Gasteiger partial charge < -0.3 is 20.1 Å². The van der Waals surface area contributed by atoms with Crippen molar-refractivity contribution < 1.29 is 18.7 Å². The van der Waals surface area contributed by atoms with Gasteiger partial charge in [0.15, 0.2) is 11.5 Å². The Morgan fingerprint density at radius 1 is 1.07 bits per heavy atom. The Morgan fingerprint density at radius 2 is 1.81 bits per heavy atom. The Bertz CT molecular complexity index is 806. The van der Waals surface area contributed by atoms with E-state index >= 15 is 0 Å². The minimum Gasteiger partial charge on any atom is -0.493 e. The highest BCUT2D eigenvalue weighted by Gasteiger charge is 2.44. The van der Waals surface area contributed by atoms with E-state index in [4.69, 9.17) is 9.47 Å². The SMILES string of the molecule is COc1ccc(C2(CNC(=O)NCCc3ccccc3F)CC2)cc1OC. The van der Waals surface area contributed by atoms with Crippen LogP contribution in [-0.4, -0.2) is 33.3 Å². The molecule has 0 bridgehead atoms. The molecule has 27 heavy (non-hydrogen) atoms. The van der Waals surface area contributed by atoms with Gasteiger partial charge in [-0.1, -0.05) is 24.3 Å². The standard InChI is InChI=1S/C21H25FN2O3/c1-26-18-8-7-16(13-19(18)27-2)21(10-11-21)14-24-20(25)23-12-9-15-5-3-4-6-17(15)22/h3-8,13H,9-12,14H2,1-2H3,(H2,23,24,25). The molecule has 1 aliphatic rings. The molecule has 0 atom stereocenters. The summed E-state index contributed by atoms with van der Waals surface area (Å²) in [5.74, 6) is 1.14. The van der Waals surface area contributed by atoms with Crippen LogP contribution < -0.4 is 20.1 Å². The van der Waals surface area contributed by atoms with E-state index in [1.807, 2.05) is 18.2 Å². The maximum absolute atomic E-state index is 13.6. The molecule has 2 aromatic carbocycles. The van der Waals surface area contributed by atoms with E-state index in [2.05, 4.69) is 10.6 Å². The molecule has 3 rings (SSSR count). The third-order valence-corrected chi connectivity index (χ3v) is 5.07. The van der Waals surface area contributed by atoms with Crippen molar-refractivity contribution in [1.29, 1.82) is 0 Å². The summed E-state index contributed by atoms with van der Waals surface area (Å²) < 4.78 is 24.2. The van der Waals surface area contributed by atoms with Crippen LogP contribution in [0.5, 0.6) is 11.5 Å². The molecule has 0 heterocycles. The van der Waals surface area contributed by atoms with Gasteiger partial charge in [-0.15, -0.1) is 0 Å². The van der Waals surface area contributed by atoms with Gasteiger partial charge in [-0.05, 0) is 48.6 Å². The fourth-order valence-corrected chi connectivity index (χ4v) is 3.21. The van der Waals surface area contributed by atoms with Crippen LogP contribution in [0.3, 0.4) is 0 Å². The van der Waals surface area contributed by atoms with E-state index in [0.717, 1.165) is 18.4 Å². The number of urea groups is 1. The number of hydrogen-bond donors (Lipinski definition) is 2. The largest absolute Gasteiger partial charge is 0.493 e. The molecule has 2 aromatic rings. The van der Waals surface area contributed by atoms with Crippen molar-refractivity contribution in [1.82, 2.24) is 10.6 Å². The second-order valence-corrected chi connectivity index (χ2v) is 6.80. The number of nitrogens with one attached hydrogen (secondary N) is 2. The zero-order valence-electron chi connectivity index (χ0n) is 15.7. The molecule has 1 saturated carbocycles. The molecule has 5 nitrogen and oxygen atoms in total. The Morgan fingerprint density at radius 3 is 2.48 bits per heavy atom. The molecule has 144 valence electrons. The van der Waals surface area contributed by atoms with Gasteiger partial charge in [0, 0.05) is 18.5 Å². The van der Waals surface area contributed by atoms with Crippen LogP contribution in [0.25, 0.3) is 0 Å². The molecule has 0 aromatic heterocycles. The molecule has 0 spiro atoms. The molecule has 0 radical (unpaired) electrons. The number of carbonyl (C=O) groups is 1. The summed E-state index contributed by atoms with van der Waals surface area (Å²) in [6.45, 7) is 0.935. The van der Waals surface area contributed by atoms with Gasteiger partial charge in [-0.3, -0.25) is 0 Å². The number of halogens is 1. The van der Waals surface area contributed by atoms with Crippen molar-refractivity contribution in [2.45, 2.75) is 24.7 Å². The first-order valence-corrected chi connectivity index (χ1v) is 9.05. The molecular weight excluding hydrogens is 347 g/mol. The lowest BCUT2D eigenvalue weighted by molar-refractivity contribution is 0.240. The summed E-state index contributed by atoms with van der Waals surface area (Å²) in [5, 5.41) is 5.72. The first kappa shape index (κ1) is 19.0. The second-order valence-electron chi connectivity index (χ2n) is 6.80. The predicted octanol–water partition coefficient (Wildman–Crippen LogP) is 3.42. The van der Waals surface area contributed by atoms with E-state index in [0.29, 0.717) is 36.6 Å². The molecule has 1 fully saturated rings. The summed E-state index contributed by atoms with van der Waals surface area (Å²) in [7, 11) is 3.22. The fourth-order valence-electron chi connectivity index (χ4n) is 3.21. The van der Waals surface area contributed by atoms with Crippen molar-refractivity contribution in [3.05, 3.63) is 59.4 Å². The van der Waals surface area contributed by atoms with Crippen LogP contribution in [0.1, 0.15) is 24.0 Å². The topological polar surface area (TPSA) is 59.6 Å². The molecule has 0 saturated heterocycles. The predicted molar refractivity (Wildman–Crippen MR) is 102 cm³/mol. The lowest BCUT2D eigenvalue weighted by Gasteiger charge is -2.19. The molecule has 6 heteroatoms. The lowest BCUT2D eigenvalue weighted by atomic mass is 9.95. The number of ether oxygens (including phenoxy) is 2. The molecular formula is C21H25FN2O3. The highest BCUT2D eigenvalue weighted by atomic mass is 19.1. The van der Waals surface area contributed by atoms with Gasteiger partial charge >= 0.3 is 6.03 Å². The maximum atomic E-state index is 13.6. The highest BCUT2D eigenvalue weighted by molar-refractivity contribution is 5.74. The quantitative estimate of drug-likeness (QED) is 0.747. The van der Waals surface area contributed by atoms with Gasteiger partial charge in [-0.25, -0.2) is 9.18 Å². The molecule has 0 aliphatic heterocycles. The van der Waals surface area contributed by atoms with Crippen LogP contribution >= 0.6 is 0 Å². The van der Waals surface area contributed by atoms with E-state index < -0.39 is 0 Å². The van der Waals surface area contributed by atoms with Crippen molar-refractivity contribution in [3.8, 4) is 11.5 Å². The van der Waals surface area contributed by atoms with Gasteiger partial charge in [0.1, 0.15) is 5.82 Å². The zero-order valence-corrected chi connectivity index (χ0v) is 15.7. The van der Waals surface area contributed by atoms with Crippen LogP contribution in [-0.2, 0) is 11.8 Å². The van der Waals surface area contributed by atoms with Crippen molar-refractivity contribution in [2.24, 2.45) is 0 Å². The number of amides is 2. The Kier molecular flexibility index (Phi) is 5.84. The van der Waals surface area contributed by atoms with Crippen LogP contribution in [0, 0.1) is 5.82 Å². The third kappa shape index (κ3) is 4.51. The summed E-state index contributed by atoms with van der Waals surface area (Å²) >= 11 is 0. The number of benzene rings is 2. The highest BCUT2D eigenvalue weighted by Crippen LogP contribution is 2.49. The molecule has 2 N–H and O–H groups in total. The van der Waals surface area contributed by atoms with Crippen molar-refractivity contribution >= 4 is 6.03 Å². The zero-order chi connectivity index (χ0) is 19.3. The van der Waals surface area contributed by atoms with E-state index in [-0.39, 0.29) is 17.3 Å². The fraction of sp³-hybridized carbons (Fsp3) is 0.381. The first-order valence-electron chi connectivity index (χ1n) is 9.05. The number of hydrogen-bond acceptors (Lipinski definition) is 3. The minimum atomic E-state index is -0.245. The Hall–Kier alpha value is -2.76. The smallest absolute Gasteiger partial charge is 0.314 e. The average Bonchev–Trinajstić information content (AvgIpc) is 3.48. The average molecular weight is 372 g/mol. The molecule has 1 aliphatic carbocycles.